The highest BCUT2D eigenvalue weighted by Gasteiger charge is 2.40. The first-order chi connectivity index (χ1) is 13.6. The number of aromatic amines is 1. The molecular weight excluding hydrogens is 390 g/mol. The van der Waals surface area contributed by atoms with E-state index in [9.17, 15) is 22.4 Å². The molecule has 0 aliphatic carbocycles. The molecule has 2 aromatic heterocycles. The van der Waals surface area contributed by atoms with E-state index in [1.165, 1.54) is 10.7 Å². The van der Waals surface area contributed by atoms with Gasteiger partial charge < -0.3 is 4.98 Å². The van der Waals surface area contributed by atoms with Crippen molar-refractivity contribution >= 4 is 0 Å². The minimum absolute atomic E-state index is 0.109. The molecule has 0 saturated carbocycles. The van der Waals surface area contributed by atoms with Crippen LogP contribution in [0.15, 0.2) is 29.1 Å². The van der Waals surface area contributed by atoms with Crippen LogP contribution in [-0.2, 0) is 18.1 Å². The Bertz CT molecular complexity index is 1150. The predicted molar refractivity (Wildman–Crippen MR) is 95.7 cm³/mol. The molecule has 29 heavy (non-hydrogen) atoms. The van der Waals surface area contributed by atoms with Crippen LogP contribution in [0.1, 0.15) is 42.4 Å². The Morgan fingerprint density at radius 2 is 2.00 bits per heavy atom. The van der Waals surface area contributed by atoms with Gasteiger partial charge in [-0.2, -0.15) is 13.2 Å². The van der Waals surface area contributed by atoms with Crippen molar-refractivity contribution in [3.05, 3.63) is 63.1 Å². The fourth-order valence-corrected chi connectivity index (χ4v) is 3.91. The van der Waals surface area contributed by atoms with E-state index in [1.54, 1.807) is 13.8 Å². The summed E-state index contributed by atoms with van der Waals surface area (Å²) in [5.41, 5.74) is -0.846. The molecule has 1 N–H and O–H groups in total. The molecule has 3 heterocycles. The molecule has 6 nitrogen and oxygen atoms in total. The van der Waals surface area contributed by atoms with Gasteiger partial charge in [-0.1, -0.05) is 11.3 Å². The van der Waals surface area contributed by atoms with Crippen molar-refractivity contribution in [1.29, 1.82) is 0 Å². The number of nitrogens with zero attached hydrogens (tertiary/aromatic N) is 4. The Morgan fingerprint density at radius 3 is 2.66 bits per heavy atom. The van der Waals surface area contributed by atoms with Crippen LogP contribution in [0.5, 0.6) is 0 Å². The van der Waals surface area contributed by atoms with Gasteiger partial charge in [0.2, 0.25) is 0 Å². The van der Waals surface area contributed by atoms with Gasteiger partial charge >= 0.3 is 6.18 Å². The molecule has 10 heteroatoms. The highest BCUT2D eigenvalue weighted by molar-refractivity contribution is 5.57. The van der Waals surface area contributed by atoms with Crippen LogP contribution >= 0.6 is 0 Å². The first-order valence-electron chi connectivity index (χ1n) is 9.00. The Kier molecular flexibility index (Phi) is 4.32. The lowest BCUT2D eigenvalue weighted by Crippen LogP contribution is -2.38. The molecule has 0 fully saturated rings. The summed E-state index contributed by atoms with van der Waals surface area (Å²) in [7, 11) is 0. The summed E-state index contributed by atoms with van der Waals surface area (Å²) in [5.74, 6) is -0.529. The zero-order valence-corrected chi connectivity index (χ0v) is 15.6. The number of hydrogen-bond acceptors (Lipinski definition) is 4. The Hall–Kier alpha value is -3.04. The van der Waals surface area contributed by atoms with Gasteiger partial charge in [0.05, 0.1) is 16.8 Å². The van der Waals surface area contributed by atoms with Crippen molar-refractivity contribution < 1.29 is 17.6 Å². The van der Waals surface area contributed by atoms with Crippen molar-refractivity contribution in [2.24, 2.45) is 0 Å². The largest absolute Gasteiger partial charge is 0.416 e. The van der Waals surface area contributed by atoms with Gasteiger partial charge in [0, 0.05) is 11.6 Å². The van der Waals surface area contributed by atoms with Gasteiger partial charge in [-0.05, 0) is 45.2 Å². The normalized spacial score (nSPS) is 19.2. The maximum atomic E-state index is 14.7. The lowest BCUT2D eigenvalue weighted by molar-refractivity contribution is -0.137. The quantitative estimate of drug-likeness (QED) is 0.659. The van der Waals surface area contributed by atoms with Gasteiger partial charge in [0.15, 0.2) is 0 Å². The molecule has 4 rings (SSSR count). The van der Waals surface area contributed by atoms with E-state index in [4.69, 9.17) is 0 Å². The summed E-state index contributed by atoms with van der Waals surface area (Å²) in [4.78, 5) is 18.6. The number of nitrogens with one attached hydrogen (secondary N) is 1. The van der Waals surface area contributed by atoms with Gasteiger partial charge in [0.25, 0.3) is 5.56 Å². The Labute approximate surface area is 162 Å². The third-order valence-corrected chi connectivity index (χ3v) is 5.29. The minimum atomic E-state index is -4.62. The fourth-order valence-electron chi connectivity index (χ4n) is 3.91. The first kappa shape index (κ1) is 19.3. The molecule has 1 aliphatic rings. The summed E-state index contributed by atoms with van der Waals surface area (Å²) in [6.45, 7) is 3.36. The van der Waals surface area contributed by atoms with Gasteiger partial charge in [-0.25, -0.2) is 14.1 Å². The Balaban J connectivity index is 1.84. The van der Waals surface area contributed by atoms with Crippen molar-refractivity contribution in [2.45, 2.75) is 44.8 Å². The zero-order valence-electron chi connectivity index (χ0n) is 15.6. The second-order valence-electron chi connectivity index (χ2n) is 7.33. The van der Waals surface area contributed by atoms with Crippen LogP contribution in [0, 0.1) is 12.7 Å². The summed E-state index contributed by atoms with van der Waals surface area (Å²) in [6, 6.07) is 3.85. The highest BCUT2D eigenvalue weighted by Crippen LogP contribution is 2.40. The van der Waals surface area contributed by atoms with E-state index in [0.29, 0.717) is 48.2 Å². The average Bonchev–Trinajstić information content (AvgIpc) is 3.05. The van der Waals surface area contributed by atoms with Gasteiger partial charge in [-0.15, -0.1) is 5.10 Å². The van der Waals surface area contributed by atoms with Gasteiger partial charge in [-0.3, -0.25) is 4.79 Å². The number of hydrogen-bond donors (Lipinski definition) is 1. The SMILES string of the molecule is Cc1nc(-c2nnn3c2CCC[C@]3(C)c2ccc(C(F)(F)F)cc2F)cc(=O)[nH]1. The van der Waals surface area contributed by atoms with Gasteiger partial charge in [0.1, 0.15) is 23.0 Å². The van der Waals surface area contributed by atoms with Crippen molar-refractivity contribution in [3.8, 4) is 11.4 Å². The van der Waals surface area contributed by atoms with Crippen molar-refractivity contribution in [3.63, 3.8) is 0 Å². The molecule has 0 radical (unpaired) electrons. The molecule has 3 aromatic rings. The van der Waals surface area contributed by atoms with Crippen molar-refractivity contribution in [2.75, 3.05) is 0 Å². The second-order valence-corrected chi connectivity index (χ2v) is 7.33. The number of H-pyrrole nitrogens is 1. The van der Waals surface area contributed by atoms with Crippen LogP contribution in [0.4, 0.5) is 17.6 Å². The molecule has 0 unspecified atom stereocenters. The van der Waals surface area contributed by atoms with E-state index in [-0.39, 0.29) is 11.1 Å². The van der Waals surface area contributed by atoms with Crippen LogP contribution < -0.4 is 5.56 Å². The number of alkyl halides is 3. The minimum Gasteiger partial charge on any atom is -0.311 e. The monoisotopic (exact) mass is 407 g/mol. The zero-order chi connectivity index (χ0) is 21.0. The summed E-state index contributed by atoms with van der Waals surface area (Å²) >= 11 is 0. The molecular formula is C19H17F4N5O. The lowest BCUT2D eigenvalue weighted by Gasteiger charge is -2.35. The fraction of sp³-hybridized carbons (Fsp3) is 0.368. The maximum absolute atomic E-state index is 14.7. The van der Waals surface area contributed by atoms with Crippen LogP contribution in [0.3, 0.4) is 0 Å². The molecule has 0 saturated heterocycles. The Morgan fingerprint density at radius 1 is 1.24 bits per heavy atom. The van der Waals surface area contributed by atoms with E-state index in [0.717, 1.165) is 12.1 Å². The smallest absolute Gasteiger partial charge is 0.311 e. The molecule has 152 valence electrons. The van der Waals surface area contributed by atoms with E-state index >= 15 is 0 Å². The number of fused-ring (bicyclic) bond motifs is 1. The lowest BCUT2D eigenvalue weighted by atomic mass is 9.82. The maximum Gasteiger partial charge on any atom is 0.416 e. The molecule has 0 amide bonds. The van der Waals surface area contributed by atoms with Crippen LogP contribution in [0.2, 0.25) is 0 Å². The van der Waals surface area contributed by atoms with Crippen molar-refractivity contribution in [1.82, 2.24) is 25.0 Å². The summed E-state index contributed by atoms with van der Waals surface area (Å²) < 4.78 is 55.0. The molecule has 1 atom stereocenters. The summed E-state index contributed by atoms with van der Waals surface area (Å²) in [5, 5.41) is 8.31. The molecule has 1 aliphatic heterocycles. The average molecular weight is 407 g/mol. The number of aryl methyl sites for hydroxylation is 1. The van der Waals surface area contributed by atoms with E-state index in [2.05, 4.69) is 20.3 Å². The molecule has 0 bridgehead atoms. The molecule has 0 spiro atoms. The number of halogens is 4. The third kappa shape index (κ3) is 3.22. The van der Waals surface area contributed by atoms with E-state index in [1.807, 2.05) is 0 Å². The van der Waals surface area contributed by atoms with Crippen LogP contribution in [-0.4, -0.2) is 25.0 Å². The first-order valence-corrected chi connectivity index (χ1v) is 9.00. The second kappa shape index (κ2) is 6.50. The van der Waals surface area contributed by atoms with E-state index < -0.39 is 23.1 Å². The highest BCUT2D eigenvalue weighted by atomic mass is 19.4. The number of rotatable bonds is 2. The summed E-state index contributed by atoms with van der Waals surface area (Å²) in [6.07, 6.45) is -2.91. The number of aromatic nitrogens is 5. The third-order valence-electron chi connectivity index (χ3n) is 5.29. The topological polar surface area (TPSA) is 76.5 Å². The molecule has 1 aromatic carbocycles. The van der Waals surface area contributed by atoms with Crippen LogP contribution in [0.25, 0.3) is 11.4 Å². The number of benzene rings is 1. The predicted octanol–water partition coefficient (Wildman–Crippen LogP) is 3.59. The standard InChI is InChI=1S/C19H17F4N5O/c1-10-24-14(9-16(29)25-10)17-15-4-3-7-18(2,28(15)27-26-17)12-6-5-11(8-13(12)20)19(21,22)23/h5-6,8-9H,3-4,7H2,1-2H3,(H,24,25,29)/t18-/m1/s1.